The number of aryl methyl sites for hydroxylation is 1. The number of nitrogens with zero attached hydrogens (tertiary/aromatic N) is 5. The molecule has 104 valence electrons. The van der Waals surface area contributed by atoms with Crippen LogP contribution in [0.5, 0.6) is 0 Å². The third-order valence-corrected chi connectivity index (χ3v) is 3.53. The fourth-order valence-corrected chi connectivity index (χ4v) is 2.39. The second-order valence-corrected chi connectivity index (χ2v) is 5.16. The van der Waals surface area contributed by atoms with Crippen LogP contribution >= 0.6 is 11.3 Å². The third kappa shape index (κ3) is 2.91. The van der Waals surface area contributed by atoms with Crippen LogP contribution < -0.4 is 0 Å². The lowest BCUT2D eigenvalue weighted by molar-refractivity contribution is 0.288. The molecule has 0 fully saturated rings. The summed E-state index contributed by atoms with van der Waals surface area (Å²) in [6.45, 7) is 0.547. The van der Waals surface area contributed by atoms with E-state index in [1.807, 2.05) is 23.7 Å². The summed E-state index contributed by atoms with van der Waals surface area (Å²) in [6, 6.07) is 3.87. The molecule has 0 amide bonds. The average Bonchev–Trinajstić information content (AvgIpc) is 3.18. The Hall–Kier alpha value is -2.06. The molecule has 0 atom stereocenters. The van der Waals surface area contributed by atoms with Gasteiger partial charge in [0.25, 0.3) is 5.89 Å². The van der Waals surface area contributed by atoms with E-state index in [-0.39, 0.29) is 6.61 Å². The van der Waals surface area contributed by atoms with Gasteiger partial charge in [-0.25, -0.2) is 4.68 Å². The molecule has 3 aromatic heterocycles. The summed E-state index contributed by atoms with van der Waals surface area (Å²) < 4.78 is 7.23. The van der Waals surface area contributed by atoms with Crippen molar-refractivity contribution in [3.63, 3.8) is 0 Å². The predicted octanol–water partition coefficient (Wildman–Crippen LogP) is 1.36. The van der Waals surface area contributed by atoms with Crippen molar-refractivity contribution in [1.82, 2.24) is 25.2 Å². The lowest BCUT2D eigenvalue weighted by Gasteiger charge is -1.93. The number of rotatable bonds is 6. The molecule has 1 N–H and O–H groups in total. The van der Waals surface area contributed by atoms with Crippen molar-refractivity contribution in [2.24, 2.45) is 0 Å². The summed E-state index contributed by atoms with van der Waals surface area (Å²) in [5.41, 5.74) is 0.844. The molecule has 8 heteroatoms. The summed E-state index contributed by atoms with van der Waals surface area (Å²) in [5.74, 6) is 1.02. The number of hydrogen-bond acceptors (Lipinski definition) is 7. The van der Waals surface area contributed by atoms with E-state index in [2.05, 4.69) is 20.5 Å². The third-order valence-electron chi connectivity index (χ3n) is 2.67. The Morgan fingerprint density at radius 1 is 1.30 bits per heavy atom. The highest BCUT2D eigenvalue weighted by Gasteiger charge is 2.10. The zero-order chi connectivity index (χ0) is 13.8. The standard InChI is InChI=1S/C12H13N5O2S/c18-5-1-3-9-7-17(16-13-9)8-11-14-15-12(19-11)10-4-2-6-20-10/h2,4,6-7,18H,1,3,5,8H2. The van der Waals surface area contributed by atoms with Gasteiger partial charge in [-0.15, -0.1) is 26.6 Å². The molecule has 0 aliphatic carbocycles. The van der Waals surface area contributed by atoms with Crippen molar-refractivity contribution in [3.05, 3.63) is 35.3 Å². The number of thiophene rings is 1. The van der Waals surface area contributed by atoms with Gasteiger partial charge in [0, 0.05) is 12.8 Å². The Labute approximate surface area is 118 Å². The van der Waals surface area contributed by atoms with Crippen molar-refractivity contribution < 1.29 is 9.52 Å². The van der Waals surface area contributed by atoms with Crippen molar-refractivity contribution in [2.45, 2.75) is 19.4 Å². The minimum absolute atomic E-state index is 0.153. The van der Waals surface area contributed by atoms with Crippen LogP contribution in [0.3, 0.4) is 0 Å². The van der Waals surface area contributed by atoms with Crippen LogP contribution in [0.25, 0.3) is 10.8 Å². The molecule has 0 bridgehead atoms. The maximum atomic E-state index is 8.78. The Kier molecular flexibility index (Phi) is 3.84. The highest BCUT2D eigenvalue weighted by Crippen LogP contribution is 2.23. The smallest absolute Gasteiger partial charge is 0.257 e. The van der Waals surface area contributed by atoms with Gasteiger partial charge in [-0.3, -0.25) is 0 Å². The Bertz CT molecular complexity index is 661. The fourth-order valence-electron chi connectivity index (χ4n) is 1.75. The topological polar surface area (TPSA) is 89.9 Å². The Balaban J connectivity index is 1.67. The minimum Gasteiger partial charge on any atom is -0.418 e. The van der Waals surface area contributed by atoms with E-state index >= 15 is 0 Å². The molecule has 0 aliphatic heterocycles. The van der Waals surface area contributed by atoms with E-state index in [9.17, 15) is 0 Å². The molecule has 0 spiro atoms. The maximum Gasteiger partial charge on any atom is 0.257 e. The highest BCUT2D eigenvalue weighted by atomic mass is 32.1. The molecule has 0 saturated heterocycles. The van der Waals surface area contributed by atoms with Gasteiger partial charge < -0.3 is 9.52 Å². The summed E-state index contributed by atoms with van der Waals surface area (Å²) in [6.07, 6.45) is 3.22. The molecule has 0 saturated carbocycles. The van der Waals surface area contributed by atoms with Crippen LogP contribution in [0, 0.1) is 0 Å². The van der Waals surface area contributed by atoms with Crippen LogP contribution in [0.4, 0.5) is 0 Å². The Morgan fingerprint density at radius 3 is 3.05 bits per heavy atom. The molecule has 7 nitrogen and oxygen atoms in total. The zero-order valence-corrected chi connectivity index (χ0v) is 11.5. The number of aromatic nitrogens is 5. The highest BCUT2D eigenvalue weighted by molar-refractivity contribution is 7.13. The first-order chi connectivity index (χ1) is 9.85. The van der Waals surface area contributed by atoms with Gasteiger partial charge in [-0.2, -0.15) is 0 Å². The van der Waals surface area contributed by atoms with E-state index in [0.717, 1.165) is 10.6 Å². The minimum atomic E-state index is 0.153. The summed E-state index contributed by atoms with van der Waals surface area (Å²) in [7, 11) is 0. The molecule has 0 aromatic carbocycles. The van der Waals surface area contributed by atoms with Crippen LogP contribution in [-0.4, -0.2) is 36.9 Å². The van der Waals surface area contributed by atoms with Gasteiger partial charge in [-0.1, -0.05) is 11.3 Å². The van der Waals surface area contributed by atoms with Gasteiger partial charge >= 0.3 is 0 Å². The predicted molar refractivity (Wildman–Crippen MR) is 72.1 cm³/mol. The molecule has 20 heavy (non-hydrogen) atoms. The molecule has 0 unspecified atom stereocenters. The van der Waals surface area contributed by atoms with E-state index in [0.29, 0.717) is 31.2 Å². The van der Waals surface area contributed by atoms with E-state index < -0.39 is 0 Å². The van der Waals surface area contributed by atoms with Crippen molar-refractivity contribution in [3.8, 4) is 10.8 Å². The first-order valence-corrected chi connectivity index (χ1v) is 7.09. The molecule has 0 aliphatic rings. The average molecular weight is 291 g/mol. The zero-order valence-electron chi connectivity index (χ0n) is 10.6. The maximum absolute atomic E-state index is 8.78. The second kappa shape index (κ2) is 5.93. The van der Waals surface area contributed by atoms with E-state index in [1.54, 1.807) is 16.0 Å². The molecular weight excluding hydrogens is 278 g/mol. The molecule has 3 heterocycles. The second-order valence-electron chi connectivity index (χ2n) is 4.21. The number of aliphatic hydroxyl groups excluding tert-OH is 1. The summed E-state index contributed by atoms with van der Waals surface area (Å²) in [4.78, 5) is 0.950. The molecule has 0 radical (unpaired) electrons. The Morgan fingerprint density at radius 2 is 2.25 bits per heavy atom. The van der Waals surface area contributed by atoms with Crippen molar-refractivity contribution in [1.29, 1.82) is 0 Å². The van der Waals surface area contributed by atoms with E-state index in [4.69, 9.17) is 9.52 Å². The first kappa shape index (κ1) is 12.9. The first-order valence-electron chi connectivity index (χ1n) is 6.21. The summed E-state index contributed by atoms with van der Waals surface area (Å²) in [5, 5.41) is 26.8. The van der Waals surface area contributed by atoms with Crippen LogP contribution in [0.1, 0.15) is 18.0 Å². The van der Waals surface area contributed by atoms with E-state index in [1.165, 1.54) is 0 Å². The SMILES string of the molecule is OCCCc1cn(Cc2nnc(-c3cccs3)o2)nn1. The van der Waals surface area contributed by atoms with Gasteiger partial charge in [0.15, 0.2) is 0 Å². The van der Waals surface area contributed by atoms with Crippen LogP contribution in [0.2, 0.25) is 0 Å². The normalized spacial score (nSPS) is 11.1. The number of aliphatic hydroxyl groups is 1. The van der Waals surface area contributed by atoms with Crippen LogP contribution in [-0.2, 0) is 13.0 Å². The monoisotopic (exact) mass is 291 g/mol. The van der Waals surface area contributed by atoms with Crippen molar-refractivity contribution >= 4 is 11.3 Å². The lowest BCUT2D eigenvalue weighted by Crippen LogP contribution is -2.00. The molecule has 3 aromatic rings. The van der Waals surface area contributed by atoms with Gasteiger partial charge in [0.2, 0.25) is 5.89 Å². The largest absolute Gasteiger partial charge is 0.418 e. The van der Waals surface area contributed by atoms with Gasteiger partial charge in [0.05, 0.1) is 10.6 Å². The number of hydrogen-bond donors (Lipinski definition) is 1. The molecule has 3 rings (SSSR count). The van der Waals surface area contributed by atoms with Gasteiger partial charge in [-0.05, 0) is 24.3 Å². The lowest BCUT2D eigenvalue weighted by atomic mass is 10.3. The van der Waals surface area contributed by atoms with Gasteiger partial charge in [0.1, 0.15) is 6.54 Å². The quantitative estimate of drug-likeness (QED) is 0.737. The van der Waals surface area contributed by atoms with Crippen LogP contribution in [0.15, 0.2) is 28.1 Å². The fraction of sp³-hybridized carbons (Fsp3) is 0.333. The molecular formula is C12H13N5O2S. The summed E-state index contributed by atoms with van der Waals surface area (Å²) >= 11 is 1.55. The van der Waals surface area contributed by atoms with Crippen molar-refractivity contribution in [2.75, 3.05) is 6.61 Å².